The lowest BCUT2D eigenvalue weighted by molar-refractivity contribution is -0.394. The highest BCUT2D eigenvalue weighted by atomic mass is 16.6. The summed E-state index contributed by atoms with van der Waals surface area (Å²) in [6.45, 7) is 5.68. The second kappa shape index (κ2) is 8.37. The van der Waals surface area contributed by atoms with Crippen molar-refractivity contribution in [1.29, 1.82) is 0 Å². The van der Waals surface area contributed by atoms with Crippen molar-refractivity contribution < 1.29 is 19.4 Å². The molecule has 2 fully saturated rings. The molecular weight excluding hydrogens is 358 g/mol. The van der Waals surface area contributed by atoms with Gasteiger partial charge in [-0.3, -0.25) is 34.8 Å². The summed E-state index contributed by atoms with van der Waals surface area (Å²) in [7, 11) is 0. The van der Waals surface area contributed by atoms with Crippen molar-refractivity contribution in [2.45, 2.75) is 6.54 Å². The molecule has 11 nitrogen and oxygen atoms in total. The Hall–Kier alpha value is -2.63. The maximum atomic E-state index is 12.5. The molecule has 0 spiro atoms. The van der Waals surface area contributed by atoms with Gasteiger partial charge in [-0.15, -0.1) is 0 Å². The van der Waals surface area contributed by atoms with E-state index >= 15 is 0 Å². The Morgan fingerprint density at radius 3 is 2.30 bits per heavy atom. The predicted molar refractivity (Wildman–Crippen MR) is 94.6 cm³/mol. The van der Waals surface area contributed by atoms with Gasteiger partial charge in [-0.05, 0) is 6.07 Å². The summed E-state index contributed by atoms with van der Waals surface area (Å²) in [5, 5.41) is 25.3. The van der Waals surface area contributed by atoms with Crippen LogP contribution in [0.4, 0.5) is 11.4 Å². The zero-order valence-corrected chi connectivity index (χ0v) is 14.8. The van der Waals surface area contributed by atoms with Crippen LogP contribution < -0.4 is 5.32 Å². The second-order valence-electron chi connectivity index (χ2n) is 6.50. The number of nitrogens with one attached hydrogen (secondary N) is 1. The predicted octanol–water partition coefficient (Wildman–Crippen LogP) is 0.381. The number of benzene rings is 1. The van der Waals surface area contributed by atoms with E-state index in [2.05, 4.69) is 10.2 Å². The molecule has 146 valence electrons. The molecule has 2 aliphatic rings. The number of rotatable bonds is 8. The first-order valence-corrected chi connectivity index (χ1v) is 8.72. The summed E-state index contributed by atoms with van der Waals surface area (Å²) in [6.07, 6.45) is 0. The van der Waals surface area contributed by atoms with Crippen LogP contribution in [0.2, 0.25) is 0 Å². The fraction of sp³-hybridized carbons (Fsp3) is 0.562. The molecule has 0 aliphatic carbocycles. The zero-order valence-electron chi connectivity index (χ0n) is 14.8. The lowest BCUT2D eigenvalue weighted by Crippen LogP contribution is -2.41. The minimum absolute atomic E-state index is 0.149. The van der Waals surface area contributed by atoms with Gasteiger partial charge in [0.1, 0.15) is 5.56 Å². The van der Waals surface area contributed by atoms with E-state index < -0.39 is 21.4 Å². The Morgan fingerprint density at radius 1 is 1.04 bits per heavy atom. The van der Waals surface area contributed by atoms with Crippen molar-refractivity contribution in [3.63, 3.8) is 0 Å². The van der Waals surface area contributed by atoms with E-state index in [0.29, 0.717) is 38.4 Å². The third-order valence-corrected chi connectivity index (χ3v) is 4.59. The van der Waals surface area contributed by atoms with E-state index in [1.165, 1.54) is 6.07 Å². The van der Waals surface area contributed by atoms with Crippen molar-refractivity contribution in [1.82, 2.24) is 15.1 Å². The standard InChI is InChI=1S/C16H21N5O6/c22-16(17-1-2-18-5-7-27-8-6-18)13-9-12(11-19-3-4-19)14(20(23)24)10-15(13)21(25)26/h9-10H,1-8,11H2,(H,17,22). The highest BCUT2D eigenvalue weighted by molar-refractivity contribution is 5.98. The smallest absolute Gasteiger partial charge is 0.289 e. The minimum atomic E-state index is -0.759. The van der Waals surface area contributed by atoms with E-state index in [9.17, 15) is 25.0 Å². The molecule has 0 aromatic heterocycles. The van der Waals surface area contributed by atoms with Crippen LogP contribution in [-0.2, 0) is 11.3 Å². The first-order chi connectivity index (χ1) is 13.0. The van der Waals surface area contributed by atoms with Crippen molar-refractivity contribution in [2.24, 2.45) is 0 Å². The summed E-state index contributed by atoms with van der Waals surface area (Å²) in [6, 6.07) is 2.16. The summed E-state index contributed by atoms with van der Waals surface area (Å²) in [5.74, 6) is -0.600. The molecule has 1 aromatic carbocycles. The van der Waals surface area contributed by atoms with Crippen LogP contribution in [0.1, 0.15) is 15.9 Å². The number of hydrogen-bond donors (Lipinski definition) is 1. The highest BCUT2D eigenvalue weighted by Gasteiger charge is 2.30. The lowest BCUT2D eigenvalue weighted by Gasteiger charge is -2.26. The number of nitrogens with zero attached hydrogens (tertiary/aromatic N) is 4. The summed E-state index contributed by atoms with van der Waals surface area (Å²) in [5.41, 5.74) is -0.732. The van der Waals surface area contributed by atoms with E-state index in [1.807, 2.05) is 4.90 Å². The third kappa shape index (κ3) is 4.96. The van der Waals surface area contributed by atoms with Gasteiger partial charge in [0.05, 0.1) is 29.1 Å². The Kier molecular flexibility index (Phi) is 5.94. The second-order valence-corrected chi connectivity index (χ2v) is 6.50. The average molecular weight is 379 g/mol. The van der Waals surface area contributed by atoms with Crippen LogP contribution in [0.25, 0.3) is 0 Å². The zero-order chi connectivity index (χ0) is 19.4. The van der Waals surface area contributed by atoms with E-state index in [0.717, 1.165) is 32.2 Å². The Bertz CT molecular complexity index is 745. The average Bonchev–Trinajstić information content (AvgIpc) is 3.45. The van der Waals surface area contributed by atoms with Crippen LogP contribution in [0, 0.1) is 20.2 Å². The van der Waals surface area contributed by atoms with E-state index in [-0.39, 0.29) is 11.3 Å². The molecule has 1 aromatic rings. The van der Waals surface area contributed by atoms with Crippen molar-refractivity contribution in [3.05, 3.63) is 43.5 Å². The highest BCUT2D eigenvalue weighted by Crippen LogP contribution is 2.31. The van der Waals surface area contributed by atoms with Crippen molar-refractivity contribution in [2.75, 3.05) is 52.5 Å². The van der Waals surface area contributed by atoms with Crippen LogP contribution in [-0.4, -0.2) is 78.0 Å². The quantitative estimate of drug-likeness (QED) is 0.390. The molecule has 0 saturated carbocycles. The Balaban J connectivity index is 1.75. The molecule has 2 heterocycles. The van der Waals surface area contributed by atoms with Gasteiger partial charge in [0.25, 0.3) is 17.3 Å². The van der Waals surface area contributed by atoms with E-state index in [1.54, 1.807) is 0 Å². The number of hydrogen-bond acceptors (Lipinski definition) is 8. The topological polar surface area (TPSA) is 131 Å². The molecule has 27 heavy (non-hydrogen) atoms. The lowest BCUT2D eigenvalue weighted by atomic mass is 10.1. The van der Waals surface area contributed by atoms with Gasteiger partial charge in [-0.2, -0.15) is 0 Å². The fourth-order valence-corrected chi connectivity index (χ4v) is 2.97. The van der Waals surface area contributed by atoms with Crippen LogP contribution in [0.5, 0.6) is 0 Å². The SMILES string of the molecule is O=C(NCCN1CCOCC1)c1cc(CN2CC2)c([N+](=O)[O-])cc1[N+](=O)[O-]. The van der Waals surface area contributed by atoms with Crippen molar-refractivity contribution in [3.8, 4) is 0 Å². The number of amides is 1. The normalized spacial score (nSPS) is 17.5. The molecule has 0 unspecified atom stereocenters. The summed E-state index contributed by atoms with van der Waals surface area (Å²) >= 11 is 0. The first-order valence-electron chi connectivity index (χ1n) is 8.72. The van der Waals surface area contributed by atoms with Crippen LogP contribution in [0.15, 0.2) is 12.1 Å². The maximum absolute atomic E-state index is 12.5. The van der Waals surface area contributed by atoms with Gasteiger partial charge in [0, 0.05) is 51.4 Å². The fourth-order valence-electron chi connectivity index (χ4n) is 2.97. The van der Waals surface area contributed by atoms with Gasteiger partial charge in [-0.25, -0.2) is 0 Å². The molecule has 0 atom stereocenters. The molecule has 2 saturated heterocycles. The summed E-state index contributed by atoms with van der Waals surface area (Å²) < 4.78 is 5.26. The Labute approximate surface area is 155 Å². The Morgan fingerprint density at radius 2 is 1.70 bits per heavy atom. The maximum Gasteiger partial charge on any atom is 0.289 e. The molecule has 0 radical (unpaired) electrons. The molecular formula is C16H21N5O6. The third-order valence-electron chi connectivity index (χ3n) is 4.59. The largest absolute Gasteiger partial charge is 0.379 e. The van der Waals surface area contributed by atoms with Crippen molar-refractivity contribution >= 4 is 17.3 Å². The molecule has 1 amide bonds. The number of morpholine rings is 1. The molecule has 3 rings (SSSR count). The number of ether oxygens (including phenoxy) is 1. The number of carbonyl (C=O) groups is 1. The minimum Gasteiger partial charge on any atom is -0.379 e. The molecule has 0 bridgehead atoms. The van der Waals surface area contributed by atoms with Gasteiger partial charge >= 0.3 is 0 Å². The van der Waals surface area contributed by atoms with Gasteiger partial charge in [0.15, 0.2) is 0 Å². The number of nitro benzene ring substituents is 2. The van der Waals surface area contributed by atoms with Gasteiger partial charge < -0.3 is 10.1 Å². The van der Waals surface area contributed by atoms with Gasteiger partial charge in [0.2, 0.25) is 0 Å². The molecule has 11 heteroatoms. The first kappa shape index (κ1) is 19.1. The van der Waals surface area contributed by atoms with Gasteiger partial charge in [-0.1, -0.05) is 0 Å². The molecule has 1 N–H and O–H groups in total. The molecule has 2 aliphatic heterocycles. The van der Waals surface area contributed by atoms with E-state index in [4.69, 9.17) is 4.74 Å². The monoisotopic (exact) mass is 379 g/mol. The number of carbonyl (C=O) groups excluding carboxylic acids is 1. The van der Waals surface area contributed by atoms with Crippen LogP contribution >= 0.6 is 0 Å². The summed E-state index contributed by atoms with van der Waals surface area (Å²) in [4.78, 5) is 37.8. The van der Waals surface area contributed by atoms with Crippen LogP contribution in [0.3, 0.4) is 0 Å². The number of nitro groups is 2.